The first-order valence-corrected chi connectivity index (χ1v) is 12.8. The minimum atomic E-state index is -3.04. The Kier molecular flexibility index (Phi) is 10.8. The molecule has 7 heteroatoms. The molecule has 0 fully saturated rings. The molecular formula is C15H32O5P2. The number of ketones is 1. The van der Waals surface area contributed by atoms with Gasteiger partial charge in [0, 0.05) is 26.1 Å². The van der Waals surface area contributed by atoms with Gasteiger partial charge in [-0.15, -0.1) is 0 Å². The third kappa shape index (κ3) is 9.25. The van der Waals surface area contributed by atoms with Crippen molar-refractivity contribution in [3.05, 3.63) is 0 Å². The molecule has 0 radical (unpaired) electrons. The Morgan fingerprint density at radius 2 is 1.59 bits per heavy atom. The molecule has 0 spiro atoms. The quantitative estimate of drug-likeness (QED) is 0.396. The minimum Gasteiger partial charge on any atom is -0.396 e. The fourth-order valence-corrected chi connectivity index (χ4v) is 8.61. The second-order valence-corrected chi connectivity index (χ2v) is 12.8. The Labute approximate surface area is 135 Å². The highest BCUT2D eigenvalue weighted by molar-refractivity contribution is 7.78. The van der Waals surface area contributed by atoms with Gasteiger partial charge in [-0.05, 0) is 33.1 Å². The molecule has 2 unspecified atom stereocenters. The Morgan fingerprint density at radius 1 is 1.05 bits per heavy atom. The van der Waals surface area contributed by atoms with Crippen molar-refractivity contribution in [2.45, 2.75) is 57.3 Å². The lowest BCUT2D eigenvalue weighted by Crippen LogP contribution is -2.16. The summed E-state index contributed by atoms with van der Waals surface area (Å²) >= 11 is 0. The van der Waals surface area contributed by atoms with Crippen LogP contribution in [0.1, 0.15) is 51.9 Å². The molecule has 0 saturated carbocycles. The minimum absolute atomic E-state index is 0.0119. The Balaban J connectivity index is 4.41. The molecule has 2 atom stereocenters. The molecule has 0 aliphatic rings. The van der Waals surface area contributed by atoms with Crippen LogP contribution >= 0.6 is 14.5 Å². The number of Topliss-reactive ketones (excluding diaryl/α,β-unsaturated/α-hetero) is 1. The van der Waals surface area contributed by atoms with Gasteiger partial charge in [0.2, 0.25) is 7.37 Å². The molecule has 0 aromatic heterocycles. The average molecular weight is 354 g/mol. The zero-order valence-electron chi connectivity index (χ0n) is 14.4. The van der Waals surface area contributed by atoms with E-state index in [1.807, 2.05) is 0 Å². The molecule has 5 nitrogen and oxygen atoms in total. The summed E-state index contributed by atoms with van der Waals surface area (Å²) in [6.07, 6.45) is 5.02. The first-order chi connectivity index (χ1) is 10.1. The summed E-state index contributed by atoms with van der Waals surface area (Å²) in [6, 6.07) is 0. The van der Waals surface area contributed by atoms with Crippen LogP contribution in [0.5, 0.6) is 0 Å². The highest BCUT2D eigenvalue weighted by atomic mass is 31.2. The lowest BCUT2D eigenvalue weighted by Gasteiger charge is -2.27. The molecule has 22 heavy (non-hydrogen) atoms. The van der Waals surface area contributed by atoms with Gasteiger partial charge in [0.1, 0.15) is 5.78 Å². The van der Waals surface area contributed by atoms with Crippen molar-refractivity contribution in [1.82, 2.24) is 0 Å². The normalized spacial score (nSPS) is 16.2. The summed E-state index contributed by atoms with van der Waals surface area (Å²) in [5.41, 5.74) is 0. The number of carbonyl (C=O) groups excluding carboxylic acids is 1. The molecule has 0 aliphatic heterocycles. The standard InChI is InChI=1S/C15H32O5P2/c1-5-20-22(4,19)15(21(2,3)18)13-14(17)11-9-7-6-8-10-12-16/h15-16H,5-13H2,1-4H3. The van der Waals surface area contributed by atoms with Crippen molar-refractivity contribution < 1.29 is 23.6 Å². The Hall–Kier alpha value is 0.0500. The fraction of sp³-hybridized carbons (Fsp3) is 0.933. The maximum absolute atomic E-state index is 12.6. The molecule has 0 rings (SSSR count). The molecule has 0 heterocycles. The van der Waals surface area contributed by atoms with E-state index in [-0.39, 0.29) is 18.8 Å². The van der Waals surface area contributed by atoms with Gasteiger partial charge in [-0.2, -0.15) is 0 Å². The van der Waals surface area contributed by atoms with Gasteiger partial charge < -0.3 is 14.2 Å². The summed E-state index contributed by atoms with van der Waals surface area (Å²) in [4.78, 5) is 12.1. The number of aliphatic hydroxyl groups is 1. The van der Waals surface area contributed by atoms with Crippen molar-refractivity contribution in [2.75, 3.05) is 33.2 Å². The van der Waals surface area contributed by atoms with Crippen molar-refractivity contribution in [1.29, 1.82) is 0 Å². The molecular weight excluding hydrogens is 322 g/mol. The molecule has 0 aliphatic carbocycles. The summed E-state index contributed by atoms with van der Waals surface area (Å²) in [5.74, 6) is 0.0119. The summed E-state index contributed by atoms with van der Waals surface area (Å²) < 4.78 is 30.3. The zero-order valence-corrected chi connectivity index (χ0v) is 16.2. The second-order valence-electron chi connectivity index (χ2n) is 6.23. The third-order valence-electron chi connectivity index (χ3n) is 3.67. The van der Waals surface area contributed by atoms with Gasteiger partial charge in [-0.1, -0.05) is 19.3 Å². The van der Waals surface area contributed by atoms with Crippen molar-refractivity contribution in [3.8, 4) is 0 Å². The number of aliphatic hydroxyl groups excluding tert-OH is 1. The number of hydrogen-bond donors (Lipinski definition) is 1. The van der Waals surface area contributed by atoms with Crippen LogP contribution in [0.3, 0.4) is 0 Å². The van der Waals surface area contributed by atoms with E-state index in [9.17, 15) is 13.9 Å². The Morgan fingerprint density at radius 3 is 2.09 bits per heavy atom. The van der Waals surface area contributed by atoms with Gasteiger partial charge in [0.25, 0.3) is 0 Å². The van der Waals surface area contributed by atoms with Crippen LogP contribution < -0.4 is 0 Å². The topological polar surface area (TPSA) is 80.7 Å². The van der Waals surface area contributed by atoms with E-state index in [2.05, 4.69) is 0 Å². The lowest BCUT2D eigenvalue weighted by molar-refractivity contribution is -0.119. The van der Waals surface area contributed by atoms with Gasteiger partial charge in [-0.3, -0.25) is 9.36 Å². The zero-order chi connectivity index (χ0) is 17.2. The highest BCUT2D eigenvalue weighted by Crippen LogP contribution is 2.65. The van der Waals surface area contributed by atoms with Crippen LogP contribution in [-0.2, 0) is 18.4 Å². The van der Waals surface area contributed by atoms with Crippen LogP contribution in [0.15, 0.2) is 0 Å². The van der Waals surface area contributed by atoms with Gasteiger partial charge in [0.05, 0.1) is 19.1 Å². The van der Waals surface area contributed by atoms with Crippen LogP contribution in [0.4, 0.5) is 0 Å². The van der Waals surface area contributed by atoms with Gasteiger partial charge in [0.15, 0.2) is 0 Å². The van der Waals surface area contributed by atoms with E-state index in [1.54, 1.807) is 20.3 Å². The van der Waals surface area contributed by atoms with E-state index >= 15 is 0 Å². The molecule has 1 N–H and O–H groups in total. The van der Waals surface area contributed by atoms with Crippen LogP contribution in [0.25, 0.3) is 0 Å². The maximum Gasteiger partial charge on any atom is 0.210 e. The maximum atomic E-state index is 12.6. The van der Waals surface area contributed by atoms with E-state index in [1.165, 1.54) is 6.66 Å². The Bertz CT molecular complexity index is 416. The first-order valence-electron chi connectivity index (χ1n) is 8.04. The average Bonchev–Trinajstić information content (AvgIpc) is 2.38. The number of rotatable bonds is 13. The van der Waals surface area contributed by atoms with Gasteiger partial charge >= 0.3 is 0 Å². The van der Waals surface area contributed by atoms with E-state index in [0.717, 1.165) is 32.1 Å². The molecule has 0 aromatic carbocycles. The van der Waals surface area contributed by atoms with Crippen LogP contribution in [0, 0.1) is 0 Å². The van der Waals surface area contributed by atoms with Crippen molar-refractivity contribution in [3.63, 3.8) is 0 Å². The van der Waals surface area contributed by atoms with E-state index in [4.69, 9.17) is 9.63 Å². The van der Waals surface area contributed by atoms with Crippen molar-refractivity contribution >= 4 is 20.3 Å². The van der Waals surface area contributed by atoms with Crippen LogP contribution in [0.2, 0.25) is 0 Å². The number of hydrogen-bond acceptors (Lipinski definition) is 5. The summed E-state index contributed by atoms with van der Waals surface area (Å²) in [6.45, 7) is 6.90. The molecule has 0 aromatic rings. The van der Waals surface area contributed by atoms with E-state index in [0.29, 0.717) is 13.0 Å². The monoisotopic (exact) mass is 354 g/mol. The van der Waals surface area contributed by atoms with E-state index < -0.39 is 19.9 Å². The predicted octanol–water partition coefficient (Wildman–Crippen LogP) is 4.17. The molecule has 0 bridgehead atoms. The lowest BCUT2D eigenvalue weighted by atomic mass is 10.1. The predicted molar refractivity (Wildman–Crippen MR) is 92.8 cm³/mol. The number of unbranched alkanes of at least 4 members (excludes halogenated alkanes) is 4. The summed E-state index contributed by atoms with van der Waals surface area (Å²) in [5, 5.41) is 8.02. The van der Waals surface area contributed by atoms with Crippen molar-refractivity contribution in [2.24, 2.45) is 0 Å². The second kappa shape index (κ2) is 10.8. The van der Waals surface area contributed by atoms with Crippen LogP contribution in [-0.4, -0.2) is 49.5 Å². The SMILES string of the molecule is CCOP(C)(=O)C(CC(=O)CCCCCCCO)P(C)(C)=O. The summed E-state index contributed by atoms with van der Waals surface area (Å²) in [7, 11) is -5.72. The number of carbonyl (C=O) groups is 1. The smallest absolute Gasteiger partial charge is 0.210 e. The third-order valence-corrected chi connectivity index (χ3v) is 10.2. The molecule has 0 amide bonds. The largest absolute Gasteiger partial charge is 0.396 e. The van der Waals surface area contributed by atoms with Gasteiger partial charge in [-0.25, -0.2) is 0 Å². The first kappa shape index (κ1) is 22.1. The fourth-order valence-electron chi connectivity index (χ4n) is 2.50. The molecule has 0 saturated heterocycles. The molecule has 132 valence electrons. The highest BCUT2D eigenvalue weighted by Gasteiger charge is 2.39.